The van der Waals surface area contributed by atoms with Gasteiger partial charge in [0.05, 0.1) is 5.56 Å². The third-order valence-electron chi connectivity index (χ3n) is 4.07. The summed E-state index contributed by atoms with van der Waals surface area (Å²) in [5.74, 6) is 1.09. The number of benzene rings is 2. The Balaban J connectivity index is 1.87. The lowest BCUT2D eigenvalue weighted by atomic mass is 10.0. The van der Waals surface area contributed by atoms with E-state index in [1.165, 1.54) is 12.5 Å². The van der Waals surface area contributed by atoms with Gasteiger partial charge in [0.1, 0.15) is 18.1 Å². The molecule has 0 aromatic heterocycles. The number of carbonyl (C=O) groups is 2. The smallest absolute Gasteiger partial charge is 0.232 e. The molecule has 0 spiro atoms. The number of hydrogen-bond acceptors (Lipinski definition) is 4. The molecule has 0 atom stereocenters. The summed E-state index contributed by atoms with van der Waals surface area (Å²) >= 11 is 0. The van der Waals surface area contributed by atoms with Crippen molar-refractivity contribution in [1.82, 2.24) is 0 Å². The van der Waals surface area contributed by atoms with Crippen molar-refractivity contribution in [1.29, 1.82) is 0 Å². The van der Waals surface area contributed by atoms with Gasteiger partial charge in [-0.05, 0) is 49.1 Å². The van der Waals surface area contributed by atoms with Crippen LogP contribution in [0.1, 0.15) is 40.9 Å². The van der Waals surface area contributed by atoms with Gasteiger partial charge in [0.2, 0.25) is 5.78 Å². The molecule has 2 aromatic rings. The summed E-state index contributed by atoms with van der Waals surface area (Å²) in [6, 6.07) is 11.4. The summed E-state index contributed by atoms with van der Waals surface area (Å²) in [4.78, 5) is 23.7. The van der Waals surface area contributed by atoms with E-state index in [0.717, 1.165) is 17.5 Å². The molecule has 1 heterocycles. The first-order valence-electron chi connectivity index (χ1n) is 8.28. The zero-order valence-electron chi connectivity index (χ0n) is 14.6. The van der Waals surface area contributed by atoms with Crippen LogP contribution in [0.5, 0.6) is 11.5 Å². The molecule has 0 N–H and O–H groups in total. The van der Waals surface area contributed by atoms with E-state index in [4.69, 9.17) is 9.47 Å². The van der Waals surface area contributed by atoms with E-state index < -0.39 is 0 Å². The van der Waals surface area contributed by atoms with E-state index in [1.54, 1.807) is 18.2 Å². The lowest BCUT2D eigenvalue weighted by molar-refractivity contribution is -0.118. The summed E-state index contributed by atoms with van der Waals surface area (Å²) in [6.07, 6.45) is 2.72. The number of hydrogen-bond donors (Lipinski definition) is 0. The Hall–Kier alpha value is -2.88. The van der Waals surface area contributed by atoms with Crippen molar-refractivity contribution in [3.05, 3.63) is 64.4 Å². The lowest BCUT2D eigenvalue weighted by Gasteiger charge is -2.07. The fraction of sp³-hybridized carbons (Fsp3) is 0.238. The molecular formula is C21H20O4. The van der Waals surface area contributed by atoms with Crippen LogP contribution in [0, 0.1) is 6.92 Å². The Bertz CT molecular complexity index is 860. The Morgan fingerprint density at radius 3 is 2.56 bits per heavy atom. The van der Waals surface area contributed by atoms with Gasteiger partial charge < -0.3 is 9.47 Å². The molecule has 4 nitrogen and oxygen atoms in total. The number of Topliss-reactive ketones (excluding diaryl/α,β-unsaturated/α-hetero) is 2. The van der Waals surface area contributed by atoms with Gasteiger partial charge in [-0.3, -0.25) is 9.59 Å². The highest BCUT2D eigenvalue weighted by Gasteiger charge is 2.30. The predicted molar refractivity (Wildman–Crippen MR) is 96.1 cm³/mol. The molecule has 1 aliphatic heterocycles. The summed E-state index contributed by atoms with van der Waals surface area (Å²) in [7, 11) is 0. The number of rotatable bonds is 5. The van der Waals surface area contributed by atoms with Crippen LogP contribution in [-0.2, 0) is 11.2 Å². The van der Waals surface area contributed by atoms with E-state index >= 15 is 0 Å². The van der Waals surface area contributed by atoms with Gasteiger partial charge in [-0.2, -0.15) is 0 Å². The normalized spacial score (nSPS) is 14.4. The van der Waals surface area contributed by atoms with E-state index in [1.807, 2.05) is 31.2 Å². The molecule has 1 aliphatic rings. The highest BCUT2D eigenvalue weighted by Crippen LogP contribution is 2.37. The Morgan fingerprint density at radius 2 is 1.92 bits per heavy atom. The average Bonchev–Trinajstić information content (AvgIpc) is 2.90. The monoisotopic (exact) mass is 336 g/mol. The van der Waals surface area contributed by atoms with Crippen LogP contribution in [0.15, 0.2) is 42.2 Å². The van der Waals surface area contributed by atoms with E-state index in [9.17, 15) is 9.59 Å². The SMILES string of the molecule is CCc1ccc(/C=C2\Oc3cc(OCC(C)=O)cc(C)c3C2=O)cc1. The Kier molecular flexibility index (Phi) is 4.70. The zero-order valence-corrected chi connectivity index (χ0v) is 14.6. The van der Waals surface area contributed by atoms with Crippen LogP contribution >= 0.6 is 0 Å². The fourth-order valence-corrected chi connectivity index (χ4v) is 2.75. The highest BCUT2D eigenvalue weighted by molar-refractivity contribution is 6.15. The van der Waals surface area contributed by atoms with E-state index in [2.05, 4.69) is 6.92 Å². The Labute approximate surface area is 147 Å². The van der Waals surface area contributed by atoms with Crippen molar-refractivity contribution < 1.29 is 19.1 Å². The topological polar surface area (TPSA) is 52.6 Å². The first kappa shape index (κ1) is 17.0. The van der Waals surface area contributed by atoms with Crippen LogP contribution in [0.3, 0.4) is 0 Å². The molecule has 128 valence electrons. The maximum Gasteiger partial charge on any atom is 0.232 e. The third-order valence-corrected chi connectivity index (χ3v) is 4.07. The third kappa shape index (κ3) is 3.63. The molecule has 0 saturated heterocycles. The van der Waals surface area contributed by atoms with Crippen molar-refractivity contribution in [2.45, 2.75) is 27.2 Å². The lowest BCUT2D eigenvalue weighted by Crippen LogP contribution is -2.06. The van der Waals surface area contributed by atoms with Crippen LogP contribution < -0.4 is 9.47 Å². The molecule has 25 heavy (non-hydrogen) atoms. The van der Waals surface area contributed by atoms with Crippen LogP contribution in [0.2, 0.25) is 0 Å². The number of aryl methyl sites for hydroxylation is 2. The van der Waals surface area contributed by atoms with Crippen LogP contribution in [0.25, 0.3) is 6.08 Å². The summed E-state index contributed by atoms with van der Waals surface area (Å²) < 4.78 is 11.2. The molecule has 0 amide bonds. The second kappa shape index (κ2) is 6.93. The molecule has 0 aliphatic carbocycles. The largest absolute Gasteiger partial charge is 0.486 e. The molecule has 0 saturated carbocycles. The number of allylic oxidation sites excluding steroid dienone is 1. The number of ether oxygens (including phenoxy) is 2. The molecule has 3 rings (SSSR count). The molecule has 0 bridgehead atoms. The molecule has 0 radical (unpaired) electrons. The van der Waals surface area contributed by atoms with Crippen molar-refractivity contribution in [3.8, 4) is 11.5 Å². The van der Waals surface area contributed by atoms with Gasteiger partial charge in [0.25, 0.3) is 0 Å². The standard InChI is InChI=1S/C21H20O4/c1-4-15-5-7-16(8-6-15)10-19-21(23)20-13(2)9-17(11-18(20)25-19)24-12-14(3)22/h5-11H,4,12H2,1-3H3/b19-10-. The second-order valence-corrected chi connectivity index (χ2v) is 6.14. The minimum atomic E-state index is -0.134. The van der Waals surface area contributed by atoms with Gasteiger partial charge in [-0.25, -0.2) is 0 Å². The van der Waals surface area contributed by atoms with Gasteiger partial charge >= 0.3 is 0 Å². The molecule has 0 fully saturated rings. The molecule has 2 aromatic carbocycles. The fourth-order valence-electron chi connectivity index (χ4n) is 2.75. The van der Waals surface area contributed by atoms with E-state index in [0.29, 0.717) is 22.8 Å². The zero-order chi connectivity index (χ0) is 18.0. The number of fused-ring (bicyclic) bond motifs is 1. The van der Waals surface area contributed by atoms with Crippen molar-refractivity contribution in [2.24, 2.45) is 0 Å². The summed E-state index contributed by atoms with van der Waals surface area (Å²) in [6.45, 7) is 5.39. The summed E-state index contributed by atoms with van der Waals surface area (Å²) in [5, 5.41) is 0. The highest BCUT2D eigenvalue weighted by atomic mass is 16.5. The molecule has 0 unspecified atom stereocenters. The summed E-state index contributed by atoms with van der Waals surface area (Å²) in [5.41, 5.74) is 3.48. The predicted octanol–water partition coefficient (Wildman–Crippen LogP) is 4.14. The van der Waals surface area contributed by atoms with Crippen molar-refractivity contribution in [3.63, 3.8) is 0 Å². The Morgan fingerprint density at radius 1 is 1.20 bits per heavy atom. The number of carbonyl (C=O) groups excluding carboxylic acids is 2. The average molecular weight is 336 g/mol. The quantitative estimate of drug-likeness (QED) is 0.770. The van der Waals surface area contributed by atoms with Crippen molar-refractivity contribution in [2.75, 3.05) is 6.61 Å². The van der Waals surface area contributed by atoms with Gasteiger partial charge in [0.15, 0.2) is 11.5 Å². The van der Waals surface area contributed by atoms with Gasteiger partial charge in [-0.15, -0.1) is 0 Å². The first-order chi connectivity index (χ1) is 12.0. The van der Waals surface area contributed by atoms with Gasteiger partial charge in [-0.1, -0.05) is 31.2 Å². The molecular weight excluding hydrogens is 316 g/mol. The van der Waals surface area contributed by atoms with E-state index in [-0.39, 0.29) is 18.2 Å². The molecule has 4 heteroatoms. The first-order valence-corrected chi connectivity index (χ1v) is 8.28. The minimum absolute atomic E-state index is 0.00134. The van der Waals surface area contributed by atoms with Crippen molar-refractivity contribution >= 4 is 17.6 Å². The number of ketones is 2. The maximum atomic E-state index is 12.6. The maximum absolute atomic E-state index is 12.6. The van der Waals surface area contributed by atoms with Crippen LogP contribution in [0.4, 0.5) is 0 Å². The van der Waals surface area contributed by atoms with Gasteiger partial charge in [0, 0.05) is 6.07 Å². The minimum Gasteiger partial charge on any atom is -0.486 e. The van der Waals surface area contributed by atoms with Crippen LogP contribution in [-0.4, -0.2) is 18.2 Å². The second-order valence-electron chi connectivity index (χ2n) is 6.14.